The van der Waals surface area contributed by atoms with E-state index in [9.17, 15) is 9.59 Å². The van der Waals surface area contributed by atoms with Crippen molar-refractivity contribution in [2.75, 3.05) is 12.4 Å². The molecule has 152 valence electrons. The van der Waals surface area contributed by atoms with Gasteiger partial charge in [0.2, 0.25) is 5.91 Å². The number of esters is 1. The third-order valence-corrected chi connectivity index (χ3v) is 5.10. The van der Waals surface area contributed by atoms with Gasteiger partial charge in [0.05, 0.1) is 31.3 Å². The number of nitrogens with one attached hydrogen (secondary N) is 1. The van der Waals surface area contributed by atoms with Crippen molar-refractivity contribution in [2.45, 2.75) is 40.5 Å². The number of anilines is 1. The van der Waals surface area contributed by atoms with Crippen LogP contribution in [0, 0.1) is 27.7 Å². The van der Waals surface area contributed by atoms with E-state index >= 15 is 0 Å². The lowest BCUT2D eigenvalue weighted by Gasteiger charge is -2.06. The number of ether oxygens (including phenoxy) is 1. The molecule has 0 atom stereocenters. The standard InChI is InChI=1S/C19H22N6O3S/c1-10-6-11(2)21-18(20-10)25-13(4)15(12(3)24-25)8-16(26)23-19-22-14(9-29-19)7-17(27)28-5/h6,9H,7-8H2,1-5H3,(H,22,23,26). The Morgan fingerprint density at radius 2 is 1.79 bits per heavy atom. The molecular weight excluding hydrogens is 392 g/mol. The maximum Gasteiger partial charge on any atom is 0.311 e. The normalized spacial score (nSPS) is 10.8. The van der Waals surface area contributed by atoms with Gasteiger partial charge >= 0.3 is 5.97 Å². The molecular formula is C19H22N6O3S. The van der Waals surface area contributed by atoms with Crippen molar-refractivity contribution in [3.05, 3.63) is 45.5 Å². The average molecular weight is 414 g/mol. The zero-order chi connectivity index (χ0) is 21.1. The third-order valence-electron chi connectivity index (χ3n) is 4.29. The molecule has 3 aromatic heterocycles. The summed E-state index contributed by atoms with van der Waals surface area (Å²) in [4.78, 5) is 37.0. The van der Waals surface area contributed by atoms with Gasteiger partial charge in [0, 0.05) is 28.0 Å². The van der Waals surface area contributed by atoms with Crippen LogP contribution in [-0.2, 0) is 27.2 Å². The van der Waals surface area contributed by atoms with E-state index in [1.165, 1.54) is 18.4 Å². The van der Waals surface area contributed by atoms with Crippen molar-refractivity contribution in [2.24, 2.45) is 0 Å². The van der Waals surface area contributed by atoms with Gasteiger partial charge in [0.1, 0.15) is 0 Å². The van der Waals surface area contributed by atoms with E-state index in [1.807, 2.05) is 33.8 Å². The first-order valence-corrected chi connectivity index (χ1v) is 9.83. The summed E-state index contributed by atoms with van der Waals surface area (Å²) in [5.74, 6) is -0.0985. The van der Waals surface area contributed by atoms with Gasteiger partial charge in [-0.3, -0.25) is 9.59 Å². The fourth-order valence-corrected chi connectivity index (χ4v) is 3.64. The SMILES string of the molecule is COC(=O)Cc1csc(NC(=O)Cc2c(C)nn(-c3nc(C)cc(C)n3)c2C)n1. The number of aryl methyl sites for hydroxylation is 3. The van der Waals surface area contributed by atoms with Crippen LogP contribution in [0.2, 0.25) is 0 Å². The summed E-state index contributed by atoms with van der Waals surface area (Å²) < 4.78 is 6.28. The van der Waals surface area contributed by atoms with E-state index in [0.29, 0.717) is 16.8 Å². The van der Waals surface area contributed by atoms with E-state index < -0.39 is 0 Å². The number of carbonyl (C=O) groups is 2. The summed E-state index contributed by atoms with van der Waals surface area (Å²) in [6.45, 7) is 7.55. The second kappa shape index (κ2) is 8.48. The maximum atomic E-state index is 12.5. The second-order valence-corrected chi connectivity index (χ2v) is 7.49. The topological polar surface area (TPSA) is 112 Å². The summed E-state index contributed by atoms with van der Waals surface area (Å²) >= 11 is 1.26. The van der Waals surface area contributed by atoms with Crippen molar-refractivity contribution in [3.63, 3.8) is 0 Å². The van der Waals surface area contributed by atoms with Gasteiger partial charge < -0.3 is 10.1 Å². The molecule has 0 radical (unpaired) electrons. The van der Waals surface area contributed by atoms with E-state index in [4.69, 9.17) is 0 Å². The molecule has 0 unspecified atom stereocenters. The first-order chi connectivity index (χ1) is 13.8. The maximum absolute atomic E-state index is 12.5. The number of nitrogens with zero attached hydrogens (tertiary/aromatic N) is 5. The molecule has 1 N–H and O–H groups in total. The van der Waals surface area contributed by atoms with Gasteiger partial charge in [0.25, 0.3) is 5.95 Å². The molecule has 0 saturated heterocycles. The number of aromatic nitrogens is 5. The molecule has 3 rings (SSSR count). The zero-order valence-electron chi connectivity index (χ0n) is 16.9. The molecule has 9 nitrogen and oxygen atoms in total. The summed E-state index contributed by atoms with van der Waals surface area (Å²) in [7, 11) is 1.32. The minimum atomic E-state index is -0.375. The molecule has 3 aromatic rings. The van der Waals surface area contributed by atoms with Crippen molar-refractivity contribution < 1.29 is 14.3 Å². The fraction of sp³-hybridized carbons (Fsp3) is 0.368. The van der Waals surface area contributed by atoms with Crippen LogP contribution >= 0.6 is 11.3 Å². The van der Waals surface area contributed by atoms with E-state index in [0.717, 1.165) is 28.3 Å². The van der Waals surface area contributed by atoms with Gasteiger partial charge in [-0.2, -0.15) is 5.10 Å². The van der Waals surface area contributed by atoms with Crippen LogP contribution in [0.5, 0.6) is 0 Å². The minimum absolute atomic E-state index is 0.0732. The Kier molecular flexibility index (Phi) is 6.02. The lowest BCUT2D eigenvalue weighted by Crippen LogP contribution is -2.15. The molecule has 0 aliphatic heterocycles. The van der Waals surface area contributed by atoms with Crippen LogP contribution < -0.4 is 5.32 Å². The molecule has 0 fully saturated rings. The van der Waals surface area contributed by atoms with Crippen LogP contribution in [0.3, 0.4) is 0 Å². The van der Waals surface area contributed by atoms with Crippen LogP contribution in [0.4, 0.5) is 5.13 Å². The van der Waals surface area contributed by atoms with Crippen molar-refractivity contribution in [1.82, 2.24) is 24.7 Å². The van der Waals surface area contributed by atoms with Crippen LogP contribution in [0.1, 0.15) is 34.0 Å². The first kappa shape index (κ1) is 20.6. The van der Waals surface area contributed by atoms with Gasteiger partial charge in [-0.1, -0.05) is 0 Å². The Hall–Kier alpha value is -3.14. The molecule has 0 aromatic carbocycles. The molecule has 0 spiro atoms. The summed E-state index contributed by atoms with van der Waals surface area (Å²) in [6.07, 6.45) is 0.220. The lowest BCUT2D eigenvalue weighted by atomic mass is 10.1. The number of rotatable bonds is 6. The summed E-state index contributed by atoms with van der Waals surface area (Å²) in [5.41, 5.74) is 4.64. The molecule has 0 bridgehead atoms. The van der Waals surface area contributed by atoms with Crippen molar-refractivity contribution in [3.8, 4) is 5.95 Å². The Labute approximate surface area is 172 Å². The monoisotopic (exact) mass is 414 g/mol. The molecule has 1 amide bonds. The Balaban J connectivity index is 1.74. The number of hydrogen-bond acceptors (Lipinski definition) is 8. The molecule has 0 aliphatic rings. The summed E-state index contributed by atoms with van der Waals surface area (Å²) in [6, 6.07) is 1.89. The molecule has 0 saturated carbocycles. The predicted octanol–water partition coefficient (Wildman–Crippen LogP) is 2.25. The van der Waals surface area contributed by atoms with Gasteiger partial charge in [-0.25, -0.2) is 19.6 Å². The first-order valence-electron chi connectivity index (χ1n) is 8.95. The Morgan fingerprint density at radius 3 is 2.45 bits per heavy atom. The van der Waals surface area contributed by atoms with E-state index in [2.05, 4.69) is 30.1 Å². The average Bonchev–Trinajstić information content (AvgIpc) is 3.19. The molecule has 10 heteroatoms. The minimum Gasteiger partial charge on any atom is -0.469 e. The van der Waals surface area contributed by atoms with Gasteiger partial charge in [0.15, 0.2) is 5.13 Å². The summed E-state index contributed by atoms with van der Waals surface area (Å²) in [5, 5.41) is 9.45. The number of hydrogen-bond donors (Lipinski definition) is 1. The highest BCUT2D eigenvalue weighted by atomic mass is 32.1. The smallest absolute Gasteiger partial charge is 0.311 e. The Bertz CT molecular complexity index is 1050. The second-order valence-electron chi connectivity index (χ2n) is 6.63. The molecule has 3 heterocycles. The van der Waals surface area contributed by atoms with E-state index in [-0.39, 0.29) is 24.7 Å². The van der Waals surface area contributed by atoms with Crippen molar-refractivity contribution >= 4 is 28.3 Å². The fourth-order valence-electron chi connectivity index (χ4n) is 2.92. The van der Waals surface area contributed by atoms with Gasteiger partial charge in [-0.05, 0) is 33.8 Å². The zero-order valence-corrected chi connectivity index (χ0v) is 17.8. The number of methoxy groups -OCH3 is 1. The van der Waals surface area contributed by atoms with E-state index in [1.54, 1.807) is 10.1 Å². The van der Waals surface area contributed by atoms with Crippen LogP contribution in [0.15, 0.2) is 11.4 Å². The number of carbonyl (C=O) groups excluding carboxylic acids is 2. The van der Waals surface area contributed by atoms with Crippen molar-refractivity contribution in [1.29, 1.82) is 0 Å². The van der Waals surface area contributed by atoms with Gasteiger partial charge in [-0.15, -0.1) is 11.3 Å². The number of amides is 1. The largest absolute Gasteiger partial charge is 0.469 e. The van der Waals surface area contributed by atoms with Crippen LogP contribution in [0.25, 0.3) is 5.95 Å². The quantitative estimate of drug-likeness (QED) is 0.616. The Morgan fingerprint density at radius 1 is 1.10 bits per heavy atom. The molecule has 29 heavy (non-hydrogen) atoms. The van der Waals surface area contributed by atoms with Crippen LogP contribution in [-0.4, -0.2) is 43.7 Å². The highest BCUT2D eigenvalue weighted by molar-refractivity contribution is 7.13. The number of thiazole rings is 1. The predicted molar refractivity (Wildman–Crippen MR) is 108 cm³/mol. The highest BCUT2D eigenvalue weighted by Crippen LogP contribution is 2.20. The lowest BCUT2D eigenvalue weighted by molar-refractivity contribution is -0.139. The molecule has 0 aliphatic carbocycles. The third kappa shape index (κ3) is 4.83. The highest BCUT2D eigenvalue weighted by Gasteiger charge is 2.18.